The van der Waals surface area contributed by atoms with Gasteiger partial charge in [0.2, 0.25) is 0 Å². The van der Waals surface area contributed by atoms with Crippen molar-refractivity contribution in [1.82, 2.24) is 0 Å². The van der Waals surface area contributed by atoms with Crippen molar-refractivity contribution in [3.8, 4) is 16.9 Å². The van der Waals surface area contributed by atoms with Crippen LogP contribution in [0.2, 0.25) is 0 Å². The standard InChI is InChI=1S/C29H42O/c1-3-4-5-6-7-8-11-16-23(2)26-21-22-27(30)29(25-19-14-10-15-20-25)28(26)24-17-12-9-13-18-24/h10,14-15,19-24,30H,3-9,11-13,16-18H2,1-2H3. The summed E-state index contributed by atoms with van der Waals surface area (Å²) in [6, 6.07) is 14.7. The molecule has 0 saturated heterocycles. The lowest BCUT2D eigenvalue weighted by atomic mass is 9.75. The third kappa shape index (κ3) is 6.13. The fourth-order valence-electron chi connectivity index (χ4n) is 5.36. The highest BCUT2D eigenvalue weighted by molar-refractivity contribution is 5.76. The number of benzene rings is 2. The maximum absolute atomic E-state index is 10.9. The van der Waals surface area contributed by atoms with E-state index in [0.29, 0.717) is 17.6 Å². The quantitative estimate of drug-likeness (QED) is 0.368. The maximum atomic E-state index is 10.9. The summed E-state index contributed by atoms with van der Waals surface area (Å²) in [7, 11) is 0. The van der Waals surface area contributed by atoms with Crippen molar-refractivity contribution in [3.05, 3.63) is 53.6 Å². The van der Waals surface area contributed by atoms with Crippen LogP contribution in [0.25, 0.3) is 11.1 Å². The Kier molecular flexibility index (Phi) is 9.30. The first-order chi connectivity index (χ1) is 14.7. The Balaban J connectivity index is 1.79. The van der Waals surface area contributed by atoms with Crippen molar-refractivity contribution in [2.24, 2.45) is 0 Å². The highest BCUT2D eigenvalue weighted by Gasteiger charge is 2.26. The molecule has 0 heterocycles. The fourth-order valence-corrected chi connectivity index (χ4v) is 5.36. The first-order valence-corrected chi connectivity index (χ1v) is 12.6. The molecular weight excluding hydrogens is 364 g/mol. The Labute approximate surface area is 184 Å². The minimum absolute atomic E-state index is 0.452. The average molecular weight is 407 g/mol. The molecule has 1 atom stereocenters. The van der Waals surface area contributed by atoms with Crippen LogP contribution in [0.3, 0.4) is 0 Å². The minimum Gasteiger partial charge on any atom is -0.507 e. The zero-order valence-corrected chi connectivity index (χ0v) is 19.3. The molecule has 0 radical (unpaired) electrons. The second-order valence-corrected chi connectivity index (χ2v) is 9.47. The van der Waals surface area contributed by atoms with Crippen molar-refractivity contribution in [1.29, 1.82) is 0 Å². The molecule has 3 rings (SSSR count). The van der Waals surface area contributed by atoms with Crippen LogP contribution in [0.5, 0.6) is 5.75 Å². The number of hydrogen-bond acceptors (Lipinski definition) is 1. The molecule has 1 aliphatic carbocycles. The van der Waals surface area contributed by atoms with Crippen molar-refractivity contribution in [2.45, 2.75) is 109 Å². The molecule has 0 amide bonds. The third-order valence-corrected chi connectivity index (χ3v) is 7.10. The fraction of sp³-hybridized carbons (Fsp3) is 0.586. The van der Waals surface area contributed by atoms with Crippen LogP contribution in [0, 0.1) is 0 Å². The average Bonchev–Trinajstić information content (AvgIpc) is 2.79. The number of hydrogen-bond donors (Lipinski definition) is 1. The molecule has 1 nitrogen and oxygen atoms in total. The molecule has 2 aromatic rings. The molecule has 1 N–H and O–H groups in total. The summed E-state index contributed by atoms with van der Waals surface area (Å²) in [4.78, 5) is 0. The lowest BCUT2D eigenvalue weighted by Crippen LogP contribution is -2.11. The summed E-state index contributed by atoms with van der Waals surface area (Å²) in [5, 5.41) is 10.9. The summed E-state index contributed by atoms with van der Waals surface area (Å²) in [5.74, 6) is 1.60. The van der Waals surface area contributed by atoms with E-state index in [0.717, 1.165) is 5.56 Å². The number of phenolic OH excluding ortho intramolecular Hbond substituents is 1. The molecule has 0 aliphatic heterocycles. The van der Waals surface area contributed by atoms with Crippen LogP contribution in [0.15, 0.2) is 42.5 Å². The Morgan fingerprint density at radius 1 is 0.833 bits per heavy atom. The van der Waals surface area contributed by atoms with Crippen molar-refractivity contribution in [2.75, 3.05) is 0 Å². The molecule has 164 valence electrons. The van der Waals surface area contributed by atoms with E-state index in [4.69, 9.17) is 0 Å². The van der Waals surface area contributed by atoms with Gasteiger partial charge in [-0.3, -0.25) is 0 Å². The van der Waals surface area contributed by atoms with E-state index in [9.17, 15) is 5.11 Å². The van der Waals surface area contributed by atoms with Crippen molar-refractivity contribution >= 4 is 0 Å². The van der Waals surface area contributed by atoms with Gasteiger partial charge in [-0.2, -0.15) is 0 Å². The number of unbranched alkanes of at least 4 members (excludes halogenated alkanes) is 6. The summed E-state index contributed by atoms with van der Waals surface area (Å²) >= 11 is 0. The summed E-state index contributed by atoms with van der Waals surface area (Å²) in [5.41, 5.74) is 5.22. The number of aromatic hydroxyl groups is 1. The molecule has 30 heavy (non-hydrogen) atoms. The topological polar surface area (TPSA) is 20.2 Å². The van der Waals surface area contributed by atoms with Crippen LogP contribution in [-0.2, 0) is 0 Å². The molecule has 1 aliphatic rings. The van der Waals surface area contributed by atoms with E-state index in [1.54, 1.807) is 0 Å². The van der Waals surface area contributed by atoms with Crippen LogP contribution in [-0.4, -0.2) is 5.11 Å². The van der Waals surface area contributed by atoms with E-state index in [2.05, 4.69) is 50.2 Å². The maximum Gasteiger partial charge on any atom is 0.123 e. The normalized spacial score (nSPS) is 15.9. The first kappa shape index (κ1) is 22.9. The van der Waals surface area contributed by atoms with Gasteiger partial charge in [-0.1, -0.05) is 114 Å². The van der Waals surface area contributed by atoms with Crippen molar-refractivity contribution in [3.63, 3.8) is 0 Å². The number of phenols is 1. The molecule has 1 heteroatoms. The molecule has 2 aromatic carbocycles. The molecular formula is C29H42O. The largest absolute Gasteiger partial charge is 0.507 e. The Morgan fingerprint density at radius 3 is 2.20 bits per heavy atom. The lowest BCUT2D eigenvalue weighted by Gasteiger charge is -2.29. The van der Waals surface area contributed by atoms with Gasteiger partial charge in [-0.05, 0) is 53.9 Å². The van der Waals surface area contributed by atoms with E-state index in [1.807, 2.05) is 6.07 Å². The second kappa shape index (κ2) is 12.2. The Morgan fingerprint density at radius 2 is 1.50 bits per heavy atom. The monoisotopic (exact) mass is 406 g/mol. The van der Waals surface area contributed by atoms with E-state index in [1.165, 1.54) is 100 Å². The molecule has 1 unspecified atom stereocenters. The van der Waals surface area contributed by atoms with Gasteiger partial charge in [-0.25, -0.2) is 0 Å². The van der Waals surface area contributed by atoms with Gasteiger partial charge >= 0.3 is 0 Å². The Bertz CT molecular complexity index is 742. The zero-order valence-electron chi connectivity index (χ0n) is 19.3. The highest BCUT2D eigenvalue weighted by atomic mass is 16.3. The summed E-state index contributed by atoms with van der Waals surface area (Å²) < 4.78 is 0. The molecule has 0 spiro atoms. The first-order valence-electron chi connectivity index (χ1n) is 12.6. The summed E-state index contributed by atoms with van der Waals surface area (Å²) in [6.07, 6.45) is 17.3. The molecule has 0 aromatic heterocycles. The van der Waals surface area contributed by atoms with Gasteiger partial charge in [0.05, 0.1) is 0 Å². The van der Waals surface area contributed by atoms with Crippen LogP contribution >= 0.6 is 0 Å². The molecule has 1 saturated carbocycles. The Hall–Kier alpha value is -1.76. The molecule has 1 fully saturated rings. The predicted octanol–water partition coefficient (Wildman–Crippen LogP) is 9.35. The van der Waals surface area contributed by atoms with Gasteiger partial charge in [0.15, 0.2) is 0 Å². The second-order valence-electron chi connectivity index (χ2n) is 9.47. The predicted molar refractivity (Wildman–Crippen MR) is 130 cm³/mol. The third-order valence-electron chi connectivity index (χ3n) is 7.10. The van der Waals surface area contributed by atoms with Crippen LogP contribution < -0.4 is 0 Å². The number of rotatable bonds is 11. The van der Waals surface area contributed by atoms with Crippen LogP contribution in [0.4, 0.5) is 0 Å². The minimum atomic E-state index is 0.452. The smallest absolute Gasteiger partial charge is 0.123 e. The van der Waals surface area contributed by atoms with Gasteiger partial charge < -0.3 is 5.11 Å². The van der Waals surface area contributed by atoms with E-state index >= 15 is 0 Å². The van der Waals surface area contributed by atoms with Crippen molar-refractivity contribution < 1.29 is 5.11 Å². The lowest BCUT2D eigenvalue weighted by molar-refractivity contribution is 0.434. The highest BCUT2D eigenvalue weighted by Crippen LogP contribution is 2.46. The van der Waals surface area contributed by atoms with Gasteiger partial charge in [0.25, 0.3) is 0 Å². The van der Waals surface area contributed by atoms with E-state index < -0.39 is 0 Å². The summed E-state index contributed by atoms with van der Waals surface area (Å²) in [6.45, 7) is 4.69. The van der Waals surface area contributed by atoms with Crippen LogP contribution in [0.1, 0.15) is 120 Å². The van der Waals surface area contributed by atoms with E-state index in [-0.39, 0.29) is 0 Å². The van der Waals surface area contributed by atoms with Gasteiger partial charge in [0.1, 0.15) is 5.75 Å². The molecule has 0 bridgehead atoms. The SMILES string of the molecule is CCCCCCCCCC(C)c1ccc(O)c(-c2ccccc2)c1C1CCCCC1. The zero-order chi connectivity index (χ0) is 21.2. The van der Waals surface area contributed by atoms with Gasteiger partial charge in [-0.15, -0.1) is 0 Å². The van der Waals surface area contributed by atoms with Gasteiger partial charge in [0, 0.05) is 5.56 Å².